The summed E-state index contributed by atoms with van der Waals surface area (Å²) in [4.78, 5) is 0. The van der Waals surface area contributed by atoms with Crippen LogP contribution in [0.4, 0.5) is 18.9 Å². The molecule has 0 bridgehead atoms. The van der Waals surface area contributed by atoms with Crippen LogP contribution < -0.4 is 5.32 Å². The summed E-state index contributed by atoms with van der Waals surface area (Å²) in [6, 6.07) is 5.42. The van der Waals surface area contributed by atoms with Crippen molar-refractivity contribution in [3.63, 3.8) is 0 Å². The van der Waals surface area contributed by atoms with Crippen LogP contribution in [0.5, 0.6) is 0 Å². The van der Waals surface area contributed by atoms with Gasteiger partial charge in [-0.2, -0.15) is 13.2 Å². The predicted molar refractivity (Wildman–Crippen MR) is 54.7 cm³/mol. The number of hydrogen-bond acceptors (Lipinski definition) is 3. The summed E-state index contributed by atoms with van der Waals surface area (Å²) < 4.78 is 58.3. The van der Waals surface area contributed by atoms with Crippen molar-refractivity contribution in [1.29, 1.82) is 0 Å². The Kier molecular flexibility index (Phi) is 3.47. The molecule has 0 aliphatic heterocycles. The van der Waals surface area contributed by atoms with Gasteiger partial charge in [0, 0.05) is 11.9 Å². The quantitative estimate of drug-likeness (QED) is 0.840. The number of benzene rings is 1. The van der Waals surface area contributed by atoms with Crippen molar-refractivity contribution in [2.45, 2.75) is 12.1 Å². The SMILES string of the molecule is CS(=O)(=O)Cc1ccccc1NC(F)(F)F. The number of alkyl halides is 3. The van der Waals surface area contributed by atoms with Gasteiger partial charge in [0.25, 0.3) is 0 Å². The Bertz CT molecular complexity index is 468. The number of nitrogens with one attached hydrogen (secondary N) is 1. The maximum atomic E-state index is 12.1. The maximum absolute atomic E-state index is 12.1. The van der Waals surface area contributed by atoms with Crippen LogP contribution in [0, 0.1) is 0 Å². The molecule has 0 aliphatic rings. The zero-order valence-corrected chi connectivity index (χ0v) is 9.19. The number of sulfone groups is 1. The van der Waals surface area contributed by atoms with Gasteiger partial charge < -0.3 is 0 Å². The highest BCUT2D eigenvalue weighted by Crippen LogP contribution is 2.24. The van der Waals surface area contributed by atoms with Crippen molar-refractivity contribution < 1.29 is 21.6 Å². The van der Waals surface area contributed by atoms with Gasteiger partial charge in [0.2, 0.25) is 0 Å². The van der Waals surface area contributed by atoms with E-state index >= 15 is 0 Å². The second kappa shape index (κ2) is 4.32. The van der Waals surface area contributed by atoms with Gasteiger partial charge in [0.05, 0.1) is 5.75 Å². The zero-order valence-electron chi connectivity index (χ0n) is 8.38. The van der Waals surface area contributed by atoms with E-state index in [4.69, 9.17) is 0 Å². The van der Waals surface area contributed by atoms with Crippen LogP contribution >= 0.6 is 0 Å². The molecule has 1 aromatic carbocycles. The van der Waals surface area contributed by atoms with Gasteiger partial charge in [-0.15, -0.1) is 0 Å². The molecule has 7 heteroatoms. The molecule has 90 valence electrons. The van der Waals surface area contributed by atoms with Gasteiger partial charge in [0.15, 0.2) is 9.84 Å². The van der Waals surface area contributed by atoms with Gasteiger partial charge in [-0.3, -0.25) is 5.32 Å². The first-order valence-electron chi connectivity index (χ1n) is 4.28. The highest BCUT2D eigenvalue weighted by Gasteiger charge is 2.28. The molecule has 0 saturated heterocycles. The topological polar surface area (TPSA) is 46.2 Å². The first kappa shape index (κ1) is 12.8. The van der Waals surface area contributed by atoms with E-state index in [9.17, 15) is 21.6 Å². The van der Waals surface area contributed by atoms with Crippen LogP contribution in [0.25, 0.3) is 0 Å². The second-order valence-corrected chi connectivity index (χ2v) is 5.49. The molecule has 0 amide bonds. The Balaban J connectivity index is 3.01. The van der Waals surface area contributed by atoms with Gasteiger partial charge in [-0.05, 0) is 11.6 Å². The van der Waals surface area contributed by atoms with Crippen LogP contribution in [-0.4, -0.2) is 21.0 Å². The van der Waals surface area contributed by atoms with E-state index in [1.807, 2.05) is 0 Å². The fourth-order valence-corrected chi connectivity index (χ4v) is 2.02. The summed E-state index contributed by atoms with van der Waals surface area (Å²) in [7, 11) is -3.36. The standard InChI is InChI=1S/C9H10F3NO2S/c1-16(14,15)6-7-4-2-3-5-8(7)13-9(10,11)12/h2-5,13H,6H2,1H3. The third kappa shape index (κ3) is 4.52. The molecular formula is C9H10F3NO2S. The third-order valence-corrected chi connectivity index (χ3v) is 2.55. The molecule has 3 nitrogen and oxygen atoms in total. The molecule has 1 aromatic rings. The number of para-hydroxylation sites is 1. The highest BCUT2D eigenvalue weighted by molar-refractivity contribution is 7.89. The van der Waals surface area contributed by atoms with Crippen molar-refractivity contribution >= 4 is 15.5 Å². The highest BCUT2D eigenvalue weighted by atomic mass is 32.2. The normalized spacial score (nSPS) is 12.5. The molecule has 16 heavy (non-hydrogen) atoms. The molecule has 0 spiro atoms. The molecule has 0 aliphatic carbocycles. The fraction of sp³-hybridized carbons (Fsp3) is 0.333. The Hall–Kier alpha value is -1.24. The largest absolute Gasteiger partial charge is 0.482 e. The third-order valence-electron chi connectivity index (χ3n) is 1.71. The lowest BCUT2D eigenvalue weighted by molar-refractivity contribution is -0.0999. The van der Waals surface area contributed by atoms with Gasteiger partial charge in [0.1, 0.15) is 0 Å². The molecule has 0 radical (unpaired) electrons. The Morgan fingerprint density at radius 1 is 1.25 bits per heavy atom. The lowest BCUT2D eigenvalue weighted by atomic mass is 10.2. The summed E-state index contributed by atoms with van der Waals surface area (Å²) in [6.45, 7) is 0. The van der Waals surface area contributed by atoms with Crippen LogP contribution in [-0.2, 0) is 15.6 Å². The summed E-state index contributed by atoms with van der Waals surface area (Å²) in [5.41, 5.74) is -0.136. The number of rotatable bonds is 3. The van der Waals surface area contributed by atoms with E-state index in [1.54, 1.807) is 0 Å². The van der Waals surface area contributed by atoms with Crippen molar-refractivity contribution in [1.82, 2.24) is 0 Å². The van der Waals surface area contributed by atoms with Crippen LogP contribution in [0.2, 0.25) is 0 Å². The van der Waals surface area contributed by atoms with Crippen LogP contribution in [0.1, 0.15) is 5.56 Å². The molecule has 0 unspecified atom stereocenters. The first-order chi connectivity index (χ1) is 7.17. The summed E-state index contributed by atoms with van der Waals surface area (Å²) >= 11 is 0. The lowest BCUT2D eigenvalue weighted by Gasteiger charge is -2.13. The molecule has 0 fully saturated rings. The van der Waals surface area contributed by atoms with Gasteiger partial charge >= 0.3 is 6.30 Å². The molecule has 0 atom stereocenters. The summed E-state index contributed by atoms with van der Waals surface area (Å²) in [5.74, 6) is -0.424. The predicted octanol–water partition coefficient (Wildman–Crippen LogP) is 2.16. The van der Waals surface area contributed by atoms with E-state index < -0.39 is 21.9 Å². The lowest BCUT2D eigenvalue weighted by Crippen LogP contribution is -2.22. The second-order valence-electron chi connectivity index (χ2n) is 3.35. The monoisotopic (exact) mass is 253 g/mol. The average molecular weight is 253 g/mol. The van der Waals surface area contributed by atoms with E-state index in [2.05, 4.69) is 0 Å². The molecule has 1 N–H and O–H groups in total. The zero-order chi connectivity index (χ0) is 12.4. The summed E-state index contributed by atoms with van der Waals surface area (Å²) in [5, 5.41) is 1.31. The van der Waals surface area contributed by atoms with E-state index in [1.165, 1.54) is 29.6 Å². The number of halogens is 3. The number of hydrogen-bond donors (Lipinski definition) is 1. The van der Waals surface area contributed by atoms with Crippen LogP contribution in [0.3, 0.4) is 0 Å². The molecule has 0 heterocycles. The van der Waals surface area contributed by atoms with Gasteiger partial charge in [-0.1, -0.05) is 18.2 Å². The maximum Gasteiger partial charge on any atom is 0.482 e. The van der Waals surface area contributed by atoms with E-state index in [0.717, 1.165) is 6.26 Å². The van der Waals surface area contributed by atoms with Crippen molar-refractivity contribution in [2.75, 3.05) is 11.6 Å². The van der Waals surface area contributed by atoms with Crippen molar-refractivity contribution in [3.05, 3.63) is 29.8 Å². The van der Waals surface area contributed by atoms with Crippen molar-refractivity contribution in [2.24, 2.45) is 0 Å². The fourth-order valence-electron chi connectivity index (χ4n) is 1.20. The van der Waals surface area contributed by atoms with E-state index in [0.29, 0.717) is 0 Å². The Labute approximate surface area is 91.2 Å². The van der Waals surface area contributed by atoms with Gasteiger partial charge in [-0.25, -0.2) is 8.42 Å². The minimum atomic E-state index is -4.58. The molecule has 1 rings (SSSR count). The molecular weight excluding hydrogens is 243 g/mol. The minimum Gasteiger partial charge on any atom is -0.297 e. The summed E-state index contributed by atoms with van der Waals surface area (Å²) in [6.07, 6.45) is -3.61. The molecule has 0 aromatic heterocycles. The van der Waals surface area contributed by atoms with Crippen molar-refractivity contribution in [3.8, 4) is 0 Å². The average Bonchev–Trinajstić information content (AvgIpc) is 2.03. The Morgan fingerprint density at radius 3 is 2.31 bits per heavy atom. The Morgan fingerprint density at radius 2 is 1.81 bits per heavy atom. The van der Waals surface area contributed by atoms with Crippen LogP contribution in [0.15, 0.2) is 24.3 Å². The number of anilines is 1. The smallest absolute Gasteiger partial charge is 0.297 e. The van der Waals surface area contributed by atoms with E-state index in [-0.39, 0.29) is 11.3 Å². The first-order valence-corrected chi connectivity index (χ1v) is 6.34. The minimum absolute atomic E-state index is 0.0994. The molecule has 0 saturated carbocycles.